The largest absolute Gasteiger partial charge is 0.309 e. The quantitative estimate of drug-likeness (QED) is 0.169. The molecule has 0 aliphatic heterocycles. The molecule has 280 valence electrons. The van der Waals surface area contributed by atoms with Crippen LogP contribution in [0.2, 0.25) is 0 Å². The molecule has 8 aromatic carbocycles. The first-order chi connectivity index (χ1) is 29.7. The van der Waals surface area contributed by atoms with Crippen LogP contribution < -0.4 is 0 Å². The third kappa shape index (κ3) is 5.50. The Morgan fingerprint density at radius 3 is 1.32 bits per heavy atom. The first-order valence-electron chi connectivity index (χ1n) is 20.1. The average molecular weight is 767 g/mol. The molecule has 0 atom stereocenters. The van der Waals surface area contributed by atoms with Crippen molar-refractivity contribution >= 4 is 54.5 Å². The van der Waals surface area contributed by atoms with Gasteiger partial charge in [0.15, 0.2) is 5.82 Å². The molecule has 12 aromatic rings. The molecule has 0 fully saturated rings. The van der Waals surface area contributed by atoms with Crippen LogP contribution in [-0.4, -0.2) is 29.1 Å². The molecule has 0 unspecified atom stereocenters. The van der Waals surface area contributed by atoms with Crippen LogP contribution >= 0.6 is 0 Å². The van der Waals surface area contributed by atoms with Crippen molar-refractivity contribution in [1.82, 2.24) is 29.1 Å². The lowest BCUT2D eigenvalue weighted by atomic mass is 10.0. The standard InChI is InChI=1S/C54H34N6/c1-2-14-37(15-3-1)54-57-47(35-26-28-36(29-27-35)53-45-20-4-9-21-46(45)55-34-56-53)33-48(58-54)38-30-39(59-49-22-10-5-16-41(49)42-17-6-11-23-50(42)59)32-40(31-38)60-51-24-12-7-18-43(51)44-19-8-13-25-52(44)60/h1-34H. The van der Waals surface area contributed by atoms with Crippen molar-refractivity contribution in [3.8, 4) is 56.5 Å². The van der Waals surface area contributed by atoms with Gasteiger partial charge in [0.05, 0.1) is 44.7 Å². The van der Waals surface area contributed by atoms with Crippen LogP contribution in [0.3, 0.4) is 0 Å². The molecule has 4 heterocycles. The average Bonchev–Trinajstić information content (AvgIpc) is 3.85. The van der Waals surface area contributed by atoms with Crippen LogP contribution in [0, 0.1) is 0 Å². The molecule has 0 aliphatic rings. The maximum atomic E-state index is 5.35. The number of fused-ring (bicyclic) bond motifs is 7. The maximum Gasteiger partial charge on any atom is 0.160 e. The second-order valence-electron chi connectivity index (χ2n) is 15.1. The Bertz CT molecular complexity index is 3360. The van der Waals surface area contributed by atoms with E-state index < -0.39 is 0 Å². The number of benzene rings is 8. The van der Waals surface area contributed by atoms with Crippen molar-refractivity contribution in [2.75, 3.05) is 0 Å². The Labute approximate surface area is 345 Å². The molecule has 60 heavy (non-hydrogen) atoms. The summed E-state index contributed by atoms with van der Waals surface area (Å²) in [5.74, 6) is 0.662. The van der Waals surface area contributed by atoms with Gasteiger partial charge in [-0.3, -0.25) is 0 Å². The van der Waals surface area contributed by atoms with E-state index in [0.717, 1.165) is 83.7 Å². The second-order valence-corrected chi connectivity index (χ2v) is 15.1. The number of hydrogen-bond donors (Lipinski definition) is 0. The molecule has 6 nitrogen and oxygen atoms in total. The third-order valence-electron chi connectivity index (χ3n) is 11.6. The first kappa shape index (κ1) is 33.9. The van der Waals surface area contributed by atoms with Gasteiger partial charge < -0.3 is 9.13 Å². The lowest BCUT2D eigenvalue weighted by Gasteiger charge is -2.16. The minimum Gasteiger partial charge on any atom is -0.309 e. The summed E-state index contributed by atoms with van der Waals surface area (Å²) in [6.45, 7) is 0. The summed E-state index contributed by atoms with van der Waals surface area (Å²) in [5, 5.41) is 5.87. The summed E-state index contributed by atoms with van der Waals surface area (Å²) in [6, 6.07) is 70.6. The number of hydrogen-bond acceptors (Lipinski definition) is 4. The van der Waals surface area contributed by atoms with Gasteiger partial charge in [-0.25, -0.2) is 19.9 Å². The van der Waals surface area contributed by atoms with Crippen LogP contribution in [0.1, 0.15) is 0 Å². The molecule has 0 aliphatic carbocycles. The van der Waals surface area contributed by atoms with Crippen molar-refractivity contribution < 1.29 is 0 Å². The van der Waals surface area contributed by atoms with Crippen LogP contribution in [0.25, 0.3) is 111 Å². The number of para-hydroxylation sites is 5. The Hall–Kier alpha value is -8.22. The van der Waals surface area contributed by atoms with E-state index in [1.54, 1.807) is 6.33 Å². The highest BCUT2D eigenvalue weighted by Crippen LogP contribution is 2.39. The van der Waals surface area contributed by atoms with E-state index in [9.17, 15) is 0 Å². The molecule has 0 radical (unpaired) electrons. The van der Waals surface area contributed by atoms with Gasteiger partial charge >= 0.3 is 0 Å². The Morgan fingerprint density at radius 2 is 0.767 bits per heavy atom. The topological polar surface area (TPSA) is 61.4 Å². The highest BCUT2D eigenvalue weighted by Gasteiger charge is 2.19. The smallest absolute Gasteiger partial charge is 0.160 e. The number of rotatable bonds is 6. The lowest BCUT2D eigenvalue weighted by Crippen LogP contribution is -2.01. The summed E-state index contributed by atoms with van der Waals surface area (Å²) in [5.41, 5.74) is 14.1. The fraction of sp³-hybridized carbons (Fsp3) is 0. The molecule has 4 aromatic heterocycles. The Kier molecular flexibility index (Phi) is 7.74. The van der Waals surface area contributed by atoms with E-state index in [4.69, 9.17) is 9.97 Å². The normalized spacial score (nSPS) is 11.7. The van der Waals surface area contributed by atoms with Gasteiger partial charge in [0.1, 0.15) is 6.33 Å². The molecule has 0 bridgehead atoms. The minimum atomic E-state index is 0.662. The zero-order chi connectivity index (χ0) is 39.6. The van der Waals surface area contributed by atoms with Crippen molar-refractivity contribution in [3.63, 3.8) is 0 Å². The van der Waals surface area contributed by atoms with Crippen molar-refractivity contribution in [2.24, 2.45) is 0 Å². The van der Waals surface area contributed by atoms with Gasteiger partial charge in [-0.05, 0) is 54.6 Å². The molecular formula is C54H34N6. The van der Waals surface area contributed by atoms with Gasteiger partial charge in [-0.15, -0.1) is 0 Å². The van der Waals surface area contributed by atoms with Crippen LogP contribution in [0.5, 0.6) is 0 Å². The number of aromatic nitrogens is 6. The molecule has 0 N–H and O–H groups in total. The van der Waals surface area contributed by atoms with Gasteiger partial charge in [0.2, 0.25) is 0 Å². The fourth-order valence-electron chi connectivity index (χ4n) is 8.90. The molecule has 0 saturated carbocycles. The molecule has 0 saturated heterocycles. The van der Waals surface area contributed by atoms with Crippen molar-refractivity contribution in [2.45, 2.75) is 0 Å². The maximum absolute atomic E-state index is 5.35. The SMILES string of the molecule is c1ccc(-c2nc(-c3ccc(-c4ncnc5ccccc45)cc3)cc(-c3cc(-n4c5ccccc5c5ccccc54)cc(-n4c5ccccc5c5ccccc54)c3)n2)cc1. The monoisotopic (exact) mass is 766 g/mol. The van der Waals surface area contributed by atoms with Crippen molar-refractivity contribution in [1.29, 1.82) is 0 Å². The highest BCUT2D eigenvalue weighted by molar-refractivity contribution is 6.10. The summed E-state index contributed by atoms with van der Waals surface area (Å²) in [4.78, 5) is 19.7. The van der Waals surface area contributed by atoms with Gasteiger partial charge in [0.25, 0.3) is 0 Å². The molecular weight excluding hydrogens is 733 g/mol. The summed E-state index contributed by atoms with van der Waals surface area (Å²) < 4.78 is 4.78. The Morgan fingerprint density at radius 1 is 0.317 bits per heavy atom. The predicted molar refractivity (Wildman–Crippen MR) is 246 cm³/mol. The number of nitrogens with zero attached hydrogens (tertiary/aromatic N) is 6. The molecule has 6 heteroatoms. The van der Waals surface area contributed by atoms with Crippen LogP contribution in [0.15, 0.2) is 207 Å². The highest BCUT2D eigenvalue weighted by atomic mass is 15.0. The molecule has 12 rings (SSSR count). The van der Waals surface area contributed by atoms with E-state index in [1.165, 1.54) is 21.5 Å². The molecule has 0 spiro atoms. The predicted octanol–water partition coefficient (Wildman–Crippen LogP) is 13.3. The lowest BCUT2D eigenvalue weighted by molar-refractivity contribution is 1.13. The van der Waals surface area contributed by atoms with Crippen LogP contribution in [0.4, 0.5) is 0 Å². The summed E-state index contributed by atoms with van der Waals surface area (Å²) in [6.07, 6.45) is 1.63. The van der Waals surface area contributed by atoms with E-state index in [1.807, 2.05) is 36.4 Å². The Balaban J connectivity index is 1.11. The van der Waals surface area contributed by atoms with E-state index in [-0.39, 0.29) is 0 Å². The summed E-state index contributed by atoms with van der Waals surface area (Å²) in [7, 11) is 0. The van der Waals surface area contributed by atoms with E-state index in [0.29, 0.717) is 5.82 Å². The summed E-state index contributed by atoms with van der Waals surface area (Å²) >= 11 is 0. The first-order valence-corrected chi connectivity index (χ1v) is 20.1. The fourth-order valence-corrected chi connectivity index (χ4v) is 8.90. The minimum absolute atomic E-state index is 0.662. The van der Waals surface area contributed by atoms with Crippen LogP contribution in [-0.2, 0) is 0 Å². The zero-order valence-electron chi connectivity index (χ0n) is 32.3. The second kappa shape index (κ2) is 13.7. The molecule has 0 amide bonds. The van der Waals surface area contributed by atoms with E-state index in [2.05, 4.69) is 183 Å². The van der Waals surface area contributed by atoms with E-state index >= 15 is 0 Å². The van der Waals surface area contributed by atoms with Crippen molar-refractivity contribution in [3.05, 3.63) is 207 Å². The van der Waals surface area contributed by atoms with Gasteiger partial charge in [-0.2, -0.15) is 0 Å². The van der Waals surface area contributed by atoms with Gasteiger partial charge in [-0.1, -0.05) is 146 Å². The third-order valence-corrected chi connectivity index (χ3v) is 11.6. The van der Waals surface area contributed by atoms with Gasteiger partial charge in [0, 0.05) is 60.6 Å². The zero-order valence-corrected chi connectivity index (χ0v) is 32.3.